The predicted molar refractivity (Wildman–Crippen MR) is 78.8 cm³/mol. The Kier molecular flexibility index (Phi) is 4.14. The van der Waals surface area contributed by atoms with Crippen LogP contribution in [0.1, 0.15) is 15.9 Å². The maximum Gasteiger partial charge on any atom is 0.257 e. The van der Waals surface area contributed by atoms with E-state index < -0.39 is 0 Å². The summed E-state index contributed by atoms with van der Waals surface area (Å²) in [5, 5.41) is 2.86. The number of nitrogens with one attached hydrogen (secondary N) is 1. The summed E-state index contributed by atoms with van der Waals surface area (Å²) in [6, 6.07) is 9.22. The number of rotatable bonds is 2. The topological polar surface area (TPSA) is 42.0 Å². The number of carbonyl (C=O) groups is 1. The third-order valence-electron chi connectivity index (χ3n) is 2.44. The molecule has 1 N–H and O–H groups in total. The molecule has 0 spiro atoms. The summed E-state index contributed by atoms with van der Waals surface area (Å²) < 4.78 is 1.63. The molecule has 2 rings (SSSR count). The van der Waals surface area contributed by atoms with E-state index in [1.165, 1.54) is 6.20 Å². The van der Waals surface area contributed by atoms with Gasteiger partial charge in [-0.1, -0.05) is 22.0 Å². The second kappa shape index (κ2) is 5.63. The van der Waals surface area contributed by atoms with Gasteiger partial charge >= 0.3 is 0 Å². The number of anilines is 1. The lowest BCUT2D eigenvalue weighted by molar-refractivity contribution is 0.102. The number of benzene rings is 1. The Labute approximate surface area is 122 Å². The van der Waals surface area contributed by atoms with E-state index in [0.29, 0.717) is 10.2 Å². The summed E-state index contributed by atoms with van der Waals surface area (Å²) in [5.74, 6) is -0.170. The van der Waals surface area contributed by atoms with E-state index in [1.54, 1.807) is 12.1 Å². The number of nitrogens with zero attached hydrogens (tertiary/aromatic N) is 1. The van der Waals surface area contributed by atoms with Crippen molar-refractivity contribution in [1.29, 1.82) is 0 Å². The van der Waals surface area contributed by atoms with Gasteiger partial charge in [-0.2, -0.15) is 0 Å². The fourth-order valence-electron chi connectivity index (χ4n) is 1.43. The van der Waals surface area contributed by atoms with Gasteiger partial charge in [0.1, 0.15) is 4.60 Å². The van der Waals surface area contributed by atoms with Crippen LogP contribution >= 0.6 is 31.9 Å². The van der Waals surface area contributed by atoms with Crippen LogP contribution in [0, 0.1) is 6.92 Å². The van der Waals surface area contributed by atoms with E-state index in [2.05, 4.69) is 42.2 Å². The van der Waals surface area contributed by atoms with Crippen LogP contribution in [0.4, 0.5) is 5.69 Å². The van der Waals surface area contributed by atoms with Crippen molar-refractivity contribution >= 4 is 43.5 Å². The zero-order valence-electron chi connectivity index (χ0n) is 9.58. The average Bonchev–Trinajstić information content (AvgIpc) is 2.34. The molecule has 0 aliphatic carbocycles. The van der Waals surface area contributed by atoms with Gasteiger partial charge in [0.25, 0.3) is 5.91 Å². The van der Waals surface area contributed by atoms with Gasteiger partial charge < -0.3 is 5.32 Å². The number of hydrogen-bond acceptors (Lipinski definition) is 2. The second-order valence-electron chi connectivity index (χ2n) is 3.78. The first-order chi connectivity index (χ1) is 8.56. The van der Waals surface area contributed by atoms with Gasteiger partial charge in [0.15, 0.2) is 0 Å². The zero-order chi connectivity index (χ0) is 13.1. The van der Waals surface area contributed by atoms with Crippen LogP contribution in [0.25, 0.3) is 0 Å². The molecule has 0 aliphatic rings. The van der Waals surface area contributed by atoms with Crippen molar-refractivity contribution < 1.29 is 4.79 Å². The molecule has 0 aliphatic heterocycles. The Morgan fingerprint density at radius 3 is 2.67 bits per heavy atom. The van der Waals surface area contributed by atoms with E-state index >= 15 is 0 Å². The van der Waals surface area contributed by atoms with Crippen molar-refractivity contribution in [3.05, 3.63) is 56.7 Å². The predicted octanol–water partition coefficient (Wildman–Crippen LogP) is 4.17. The molecule has 0 bridgehead atoms. The average molecular weight is 370 g/mol. The van der Waals surface area contributed by atoms with Crippen LogP contribution < -0.4 is 5.32 Å². The molecule has 0 saturated carbocycles. The van der Waals surface area contributed by atoms with Crippen molar-refractivity contribution in [3.63, 3.8) is 0 Å². The highest BCUT2D eigenvalue weighted by Gasteiger charge is 2.08. The van der Waals surface area contributed by atoms with Gasteiger partial charge in [0.2, 0.25) is 0 Å². The minimum atomic E-state index is -0.170. The molecule has 3 nitrogen and oxygen atoms in total. The fourth-order valence-corrected chi connectivity index (χ4v) is 2.03. The number of aromatic nitrogens is 1. The first-order valence-electron chi connectivity index (χ1n) is 5.25. The Balaban J connectivity index is 2.21. The fraction of sp³-hybridized carbons (Fsp3) is 0.0769. The van der Waals surface area contributed by atoms with Crippen molar-refractivity contribution in [2.45, 2.75) is 6.92 Å². The molecule has 1 amide bonds. The lowest BCUT2D eigenvalue weighted by atomic mass is 10.2. The van der Waals surface area contributed by atoms with E-state index in [-0.39, 0.29) is 5.91 Å². The van der Waals surface area contributed by atoms with Crippen LogP contribution in [0.5, 0.6) is 0 Å². The highest BCUT2D eigenvalue weighted by Crippen LogP contribution is 2.21. The summed E-state index contributed by atoms with van der Waals surface area (Å²) in [4.78, 5) is 16.0. The van der Waals surface area contributed by atoms with Gasteiger partial charge in [-0.3, -0.25) is 4.79 Å². The van der Waals surface area contributed by atoms with E-state index in [9.17, 15) is 4.79 Å². The van der Waals surface area contributed by atoms with E-state index in [4.69, 9.17) is 0 Å². The van der Waals surface area contributed by atoms with Crippen molar-refractivity contribution in [2.75, 3.05) is 5.32 Å². The van der Waals surface area contributed by atoms with Gasteiger partial charge in [-0.15, -0.1) is 0 Å². The maximum atomic E-state index is 12.0. The normalized spacial score (nSPS) is 10.2. The molecule has 92 valence electrons. The van der Waals surface area contributed by atoms with E-state index in [0.717, 1.165) is 15.7 Å². The minimum Gasteiger partial charge on any atom is -0.322 e. The van der Waals surface area contributed by atoms with Crippen LogP contribution in [-0.2, 0) is 0 Å². The molecule has 18 heavy (non-hydrogen) atoms. The molecule has 0 fully saturated rings. The van der Waals surface area contributed by atoms with Gasteiger partial charge in [-0.05, 0) is 52.7 Å². The number of pyridine rings is 1. The molecular weight excluding hydrogens is 360 g/mol. The molecule has 1 heterocycles. The van der Waals surface area contributed by atoms with Crippen molar-refractivity contribution in [3.8, 4) is 0 Å². The zero-order valence-corrected chi connectivity index (χ0v) is 12.7. The van der Waals surface area contributed by atoms with Crippen LogP contribution in [0.3, 0.4) is 0 Å². The number of amides is 1. The van der Waals surface area contributed by atoms with Gasteiger partial charge in [0.05, 0.1) is 5.56 Å². The lowest BCUT2D eigenvalue weighted by Gasteiger charge is -2.08. The standard InChI is InChI=1S/C13H10Br2N2O/c1-8-2-4-10(14)6-11(8)17-13(18)9-3-5-12(15)16-7-9/h2-7H,1H3,(H,17,18). The van der Waals surface area contributed by atoms with Gasteiger partial charge in [-0.25, -0.2) is 4.98 Å². The highest BCUT2D eigenvalue weighted by atomic mass is 79.9. The van der Waals surface area contributed by atoms with Crippen LogP contribution in [0.15, 0.2) is 45.6 Å². The molecule has 1 aromatic heterocycles. The number of carbonyl (C=O) groups excluding carboxylic acids is 1. The Bertz CT molecular complexity index is 582. The molecule has 2 aromatic rings. The third-order valence-corrected chi connectivity index (χ3v) is 3.40. The van der Waals surface area contributed by atoms with E-state index in [1.807, 2.05) is 25.1 Å². The molecule has 5 heteroatoms. The third kappa shape index (κ3) is 3.17. The molecule has 0 saturated heterocycles. The monoisotopic (exact) mass is 368 g/mol. The first-order valence-corrected chi connectivity index (χ1v) is 6.84. The maximum absolute atomic E-state index is 12.0. The Morgan fingerprint density at radius 2 is 2.00 bits per heavy atom. The number of hydrogen-bond donors (Lipinski definition) is 1. The quantitative estimate of drug-likeness (QED) is 0.807. The number of aryl methyl sites for hydroxylation is 1. The summed E-state index contributed by atoms with van der Waals surface area (Å²) in [5.41, 5.74) is 2.33. The Morgan fingerprint density at radius 1 is 1.22 bits per heavy atom. The van der Waals surface area contributed by atoms with Crippen LogP contribution in [-0.4, -0.2) is 10.9 Å². The summed E-state index contributed by atoms with van der Waals surface area (Å²) >= 11 is 6.62. The highest BCUT2D eigenvalue weighted by molar-refractivity contribution is 9.10. The SMILES string of the molecule is Cc1ccc(Br)cc1NC(=O)c1ccc(Br)nc1. The smallest absolute Gasteiger partial charge is 0.257 e. The molecule has 0 atom stereocenters. The van der Waals surface area contributed by atoms with Crippen LogP contribution in [0.2, 0.25) is 0 Å². The molecule has 1 aromatic carbocycles. The Hall–Kier alpha value is -1.20. The minimum absolute atomic E-state index is 0.170. The first kappa shape index (κ1) is 13.2. The van der Waals surface area contributed by atoms with Gasteiger partial charge in [0, 0.05) is 16.4 Å². The summed E-state index contributed by atoms with van der Waals surface area (Å²) in [7, 11) is 0. The van der Waals surface area contributed by atoms with Crippen molar-refractivity contribution in [1.82, 2.24) is 4.98 Å². The lowest BCUT2D eigenvalue weighted by Crippen LogP contribution is -2.13. The van der Waals surface area contributed by atoms with Crippen molar-refractivity contribution in [2.24, 2.45) is 0 Å². The largest absolute Gasteiger partial charge is 0.322 e. The molecule has 0 unspecified atom stereocenters. The molecular formula is C13H10Br2N2O. The molecule has 0 radical (unpaired) electrons. The number of halogens is 2. The summed E-state index contributed by atoms with van der Waals surface area (Å²) in [6.45, 7) is 1.95. The summed E-state index contributed by atoms with van der Waals surface area (Å²) in [6.07, 6.45) is 1.53. The second-order valence-corrected chi connectivity index (χ2v) is 5.51.